The van der Waals surface area contributed by atoms with Crippen molar-refractivity contribution in [3.63, 3.8) is 0 Å². The van der Waals surface area contributed by atoms with Crippen molar-refractivity contribution < 1.29 is 0 Å². The first-order valence-corrected chi connectivity index (χ1v) is 4.97. The largest absolute Gasteiger partial charge is 0.310 e. The van der Waals surface area contributed by atoms with Gasteiger partial charge in [-0.3, -0.25) is 0 Å². The highest BCUT2D eigenvalue weighted by atomic mass is 32.2. The number of para-hydroxylation sites is 1. The SMILES string of the molecule is CC.Cc1cccc2c1NSN2. The summed E-state index contributed by atoms with van der Waals surface area (Å²) < 4.78 is 6.32. The minimum atomic E-state index is 1.19. The first-order chi connectivity index (χ1) is 5.88. The van der Waals surface area contributed by atoms with Gasteiger partial charge in [-0.25, -0.2) is 0 Å². The van der Waals surface area contributed by atoms with Gasteiger partial charge in [0.05, 0.1) is 23.5 Å². The van der Waals surface area contributed by atoms with Crippen molar-refractivity contribution in [1.82, 2.24) is 0 Å². The van der Waals surface area contributed by atoms with Crippen LogP contribution >= 0.6 is 12.1 Å². The maximum Gasteiger partial charge on any atom is 0.0727 e. The van der Waals surface area contributed by atoms with Crippen LogP contribution in [-0.4, -0.2) is 0 Å². The van der Waals surface area contributed by atoms with E-state index >= 15 is 0 Å². The van der Waals surface area contributed by atoms with Crippen LogP contribution in [0.3, 0.4) is 0 Å². The summed E-state index contributed by atoms with van der Waals surface area (Å²) in [4.78, 5) is 0. The van der Waals surface area contributed by atoms with Crippen molar-refractivity contribution in [2.45, 2.75) is 20.8 Å². The van der Waals surface area contributed by atoms with E-state index in [9.17, 15) is 0 Å². The van der Waals surface area contributed by atoms with Gasteiger partial charge in [-0.15, -0.1) is 0 Å². The maximum absolute atomic E-state index is 3.17. The van der Waals surface area contributed by atoms with E-state index in [2.05, 4.69) is 34.6 Å². The molecule has 0 saturated carbocycles. The molecule has 0 fully saturated rings. The molecule has 2 nitrogen and oxygen atoms in total. The van der Waals surface area contributed by atoms with Crippen molar-refractivity contribution >= 4 is 23.5 Å². The molecule has 2 rings (SSSR count). The summed E-state index contributed by atoms with van der Waals surface area (Å²) in [7, 11) is 0. The first-order valence-electron chi connectivity index (χ1n) is 4.15. The standard InChI is InChI=1S/C7H8N2S.C2H6/c1-5-3-2-4-6-7(5)9-10-8-6;1-2/h2-4,8-9H,1H3;1-2H3. The molecule has 1 aliphatic heterocycles. The lowest BCUT2D eigenvalue weighted by Gasteiger charge is -1.98. The fourth-order valence-electron chi connectivity index (χ4n) is 1.02. The minimum Gasteiger partial charge on any atom is -0.310 e. The Labute approximate surface area is 78.0 Å². The maximum atomic E-state index is 3.17. The third-order valence-corrected chi connectivity index (χ3v) is 2.22. The number of aryl methyl sites for hydroxylation is 1. The van der Waals surface area contributed by atoms with E-state index < -0.39 is 0 Å². The van der Waals surface area contributed by atoms with Gasteiger partial charge in [-0.2, -0.15) is 0 Å². The zero-order valence-corrected chi connectivity index (χ0v) is 8.46. The average Bonchev–Trinajstić information content (AvgIpc) is 2.57. The first kappa shape index (κ1) is 9.26. The van der Waals surface area contributed by atoms with Crippen LogP contribution in [0.2, 0.25) is 0 Å². The Hall–Kier alpha value is -0.830. The van der Waals surface area contributed by atoms with Gasteiger partial charge in [0.25, 0.3) is 0 Å². The number of fused-ring (bicyclic) bond motifs is 1. The molecule has 0 aliphatic carbocycles. The van der Waals surface area contributed by atoms with Crippen molar-refractivity contribution in [1.29, 1.82) is 0 Å². The summed E-state index contributed by atoms with van der Waals surface area (Å²) in [6, 6.07) is 6.21. The second-order valence-electron chi connectivity index (χ2n) is 2.30. The highest BCUT2D eigenvalue weighted by Gasteiger charge is 2.10. The van der Waals surface area contributed by atoms with Gasteiger partial charge in [0.15, 0.2) is 0 Å². The van der Waals surface area contributed by atoms with Gasteiger partial charge in [0.2, 0.25) is 0 Å². The summed E-state index contributed by atoms with van der Waals surface area (Å²) in [6.45, 7) is 6.10. The Kier molecular flexibility index (Phi) is 3.29. The normalized spacial score (nSPS) is 11.9. The number of rotatable bonds is 0. The van der Waals surface area contributed by atoms with Gasteiger partial charge in [0, 0.05) is 0 Å². The molecule has 1 aromatic carbocycles. The summed E-state index contributed by atoms with van der Waals surface area (Å²) in [6.07, 6.45) is 0. The van der Waals surface area contributed by atoms with Crippen molar-refractivity contribution in [2.75, 3.05) is 9.44 Å². The van der Waals surface area contributed by atoms with Gasteiger partial charge >= 0.3 is 0 Å². The van der Waals surface area contributed by atoms with Gasteiger partial charge in [0.1, 0.15) is 0 Å². The summed E-state index contributed by atoms with van der Waals surface area (Å²) in [5.74, 6) is 0. The summed E-state index contributed by atoms with van der Waals surface area (Å²) >= 11 is 1.52. The molecular formula is C9H14N2S. The molecule has 0 radical (unpaired) electrons. The third-order valence-electron chi connectivity index (χ3n) is 1.59. The van der Waals surface area contributed by atoms with Crippen LogP contribution in [0, 0.1) is 6.92 Å². The van der Waals surface area contributed by atoms with Crippen LogP contribution in [0.4, 0.5) is 11.4 Å². The molecular weight excluding hydrogens is 168 g/mol. The molecule has 1 aromatic rings. The van der Waals surface area contributed by atoms with Gasteiger partial charge in [-0.1, -0.05) is 26.0 Å². The van der Waals surface area contributed by atoms with Crippen molar-refractivity contribution in [3.05, 3.63) is 23.8 Å². The quantitative estimate of drug-likeness (QED) is 0.601. The molecule has 0 saturated heterocycles. The van der Waals surface area contributed by atoms with E-state index in [4.69, 9.17) is 0 Å². The van der Waals surface area contributed by atoms with Crippen molar-refractivity contribution in [2.24, 2.45) is 0 Å². The molecule has 1 aliphatic rings. The van der Waals surface area contributed by atoms with Crippen LogP contribution in [-0.2, 0) is 0 Å². The summed E-state index contributed by atoms with van der Waals surface area (Å²) in [5.41, 5.74) is 3.69. The average molecular weight is 182 g/mol. The monoisotopic (exact) mass is 182 g/mol. The lowest BCUT2D eigenvalue weighted by Crippen LogP contribution is -1.80. The number of hydrogen-bond acceptors (Lipinski definition) is 3. The molecule has 3 heteroatoms. The third kappa shape index (κ3) is 1.67. The zero-order chi connectivity index (χ0) is 8.97. The molecule has 1 heterocycles. The van der Waals surface area contributed by atoms with E-state index in [1.165, 1.54) is 29.1 Å². The fraction of sp³-hybridized carbons (Fsp3) is 0.333. The smallest absolute Gasteiger partial charge is 0.0727 e. The lowest BCUT2D eigenvalue weighted by atomic mass is 10.2. The van der Waals surface area contributed by atoms with E-state index in [1.807, 2.05) is 13.8 Å². The van der Waals surface area contributed by atoms with Crippen LogP contribution < -0.4 is 9.44 Å². The van der Waals surface area contributed by atoms with Crippen molar-refractivity contribution in [3.8, 4) is 0 Å². The van der Waals surface area contributed by atoms with Crippen LogP contribution in [0.5, 0.6) is 0 Å². The topological polar surface area (TPSA) is 24.1 Å². The Morgan fingerprint density at radius 1 is 1.17 bits per heavy atom. The van der Waals surface area contributed by atoms with E-state index in [-0.39, 0.29) is 0 Å². The molecule has 0 bridgehead atoms. The van der Waals surface area contributed by atoms with E-state index in [0.717, 1.165) is 0 Å². The predicted molar refractivity (Wildman–Crippen MR) is 57.4 cm³/mol. The molecule has 0 atom stereocenters. The van der Waals surface area contributed by atoms with Crippen LogP contribution in [0.15, 0.2) is 18.2 Å². The second kappa shape index (κ2) is 4.26. The zero-order valence-electron chi connectivity index (χ0n) is 7.64. The van der Waals surface area contributed by atoms with Crippen LogP contribution in [0.1, 0.15) is 19.4 Å². The predicted octanol–water partition coefficient (Wildman–Crippen LogP) is 3.42. The lowest BCUT2D eigenvalue weighted by molar-refractivity contribution is 1.48. The van der Waals surface area contributed by atoms with E-state index in [1.54, 1.807) is 0 Å². The molecule has 0 unspecified atom stereocenters. The Balaban J connectivity index is 0.000000336. The highest BCUT2D eigenvalue weighted by Crippen LogP contribution is 2.34. The number of benzene rings is 1. The summed E-state index contributed by atoms with van der Waals surface area (Å²) in [5, 5.41) is 0. The molecule has 0 amide bonds. The van der Waals surface area contributed by atoms with Gasteiger partial charge < -0.3 is 9.44 Å². The number of nitrogens with one attached hydrogen (secondary N) is 2. The molecule has 0 spiro atoms. The second-order valence-corrected chi connectivity index (χ2v) is 2.92. The van der Waals surface area contributed by atoms with Crippen LogP contribution in [0.25, 0.3) is 0 Å². The highest BCUT2D eigenvalue weighted by molar-refractivity contribution is 8.02. The number of hydrogen-bond donors (Lipinski definition) is 2. The van der Waals surface area contributed by atoms with Gasteiger partial charge in [-0.05, 0) is 18.6 Å². The molecule has 2 N–H and O–H groups in total. The Morgan fingerprint density at radius 3 is 2.58 bits per heavy atom. The number of anilines is 2. The minimum absolute atomic E-state index is 1.19. The Bertz CT molecular complexity index is 261. The van der Waals surface area contributed by atoms with E-state index in [0.29, 0.717) is 0 Å². The fourth-order valence-corrected chi connectivity index (χ4v) is 1.72. The molecule has 12 heavy (non-hydrogen) atoms. The Morgan fingerprint density at radius 2 is 1.92 bits per heavy atom. The molecule has 0 aromatic heterocycles. The molecule has 66 valence electrons.